The molecule has 2 aromatic carbocycles. The van der Waals surface area contributed by atoms with E-state index >= 15 is 0 Å². The molecule has 0 aliphatic rings. The van der Waals surface area contributed by atoms with Gasteiger partial charge in [-0.1, -0.05) is 63.5 Å². The fourth-order valence-electron chi connectivity index (χ4n) is 2.57. The van der Waals surface area contributed by atoms with Crippen molar-refractivity contribution < 1.29 is 0 Å². The highest BCUT2D eigenvalue weighted by atomic mass is 79.9. The van der Waals surface area contributed by atoms with Crippen molar-refractivity contribution in [2.75, 3.05) is 7.05 Å². The fourth-order valence-corrected chi connectivity index (χ4v) is 3.06. The quantitative estimate of drug-likeness (QED) is 0.866. The number of hydrogen-bond donors (Lipinski definition) is 1. The molecule has 1 atom stereocenters. The minimum Gasteiger partial charge on any atom is -0.309 e. The van der Waals surface area contributed by atoms with Crippen LogP contribution in [0.4, 0.5) is 0 Å². The summed E-state index contributed by atoms with van der Waals surface area (Å²) in [6.07, 6.45) is 0. The minimum atomic E-state index is 0.216. The van der Waals surface area contributed by atoms with Crippen LogP contribution in [0.5, 0.6) is 0 Å². The van der Waals surface area contributed by atoms with Crippen molar-refractivity contribution in [3.05, 3.63) is 68.7 Å². The molecule has 0 saturated heterocycles. The summed E-state index contributed by atoms with van der Waals surface area (Å²) in [6.45, 7) is 6.42. The van der Waals surface area contributed by atoms with Gasteiger partial charge in [0.2, 0.25) is 0 Å². The highest BCUT2D eigenvalue weighted by Gasteiger charge is 2.16. The zero-order valence-electron chi connectivity index (χ0n) is 11.9. The third-order valence-electron chi connectivity index (χ3n) is 3.40. The first-order chi connectivity index (χ1) is 9.02. The Bertz CT molecular complexity index is 570. The van der Waals surface area contributed by atoms with Crippen LogP contribution < -0.4 is 5.32 Å². The maximum atomic E-state index is 3.72. The standard InChI is InChI=1S/C17H20BrN/c1-11-8-12(2)10-14(9-11)17(19-4)15-7-5-6-13(3)16(15)18/h5-10,17,19H,1-4H3. The summed E-state index contributed by atoms with van der Waals surface area (Å²) < 4.78 is 1.19. The molecule has 1 unspecified atom stereocenters. The van der Waals surface area contributed by atoms with Crippen molar-refractivity contribution in [2.45, 2.75) is 26.8 Å². The largest absolute Gasteiger partial charge is 0.309 e. The van der Waals surface area contributed by atoms with Crippen LogP contribution in [0, 0.1) is 20.8 Å². The maximum Gasteiger partial charge on any atom is 0.0585 e. The number of hydrogen-bond acceptors (Lipinski definition) is 1. The van der Waals surface area contributed by atoms with Crippen molar-refractivity contribution in [1.82, 2.24) is 5.32 Å². The van der Waals surface area contributed by atoms with E-state index in [2.05, 4.69) is 78.4 Å². The second kappa shape index (κ2) is 5.89. The van der Waals surface area contributed by atoms with E-state index in [9.17, 15) is 0 Å². The molecule has 0 aliphatic carbocycles. The van der Waals surface area contributed by atoms with E-state index in [1.54, 1.807) is 0 Å². The Morgan fingerprint density at radius 2 is 1.63 bits per heavy atom. The van der Waals surface area contributed by atoms with Gasteiger partial charge in [0.05, 0.1) is 6.04 Å². The molecule has 2 rings (SSSR count). The van der Waals surface area contributed by atoms with Gasteiger partial charge in [-0.05, 0) is 44.5 Å². The molecule has 0 heterocycles. The first-order valence-electron chi connectivity index (χ1n) is 6.53. The molecule has 0 bridgehead atoms. The Kier molecular flexibility index (Phi) is 4.43. The lowest BCUT2D eigenvalue weighted by atomic mass is 9.95. The van der Waals surface area contributed by atoms with E-state index in [0.717, 1.165) is 0 Å². The molecule has 0 amide bonds. The Labute approximate surface area is 124 Å². The van der Waals surface area contributed by atoms with Gasteiger partial charge >= 0.3 is 0 Å². The summed E-state index contributed by atoms with van der Waals surface area (Å²) in [5, 5.41) is 3.43. The number of aryl methyl sites for hydroxylation is 3. The van der Waals surface area contributed by atoms with Gasteiger partial charge in [0.1, 0.15) is 0 Å². The second-order valence-electron chi connectivity index (χ2n) is 5.12. The zero-order chi connectivity index (χ0) is 14.0. The van der Waals surface area contributed by atoms with Crippen LogP contribution in [0.3, 0.4) is 0 Å². The normalized spacial score (nSPS) is 12.5. The second-order valence-corrected chi connectivity index (χ2v) is 5.91. The lowest BCUT2D eigenvalue weighted by molar-refractivity contribution is 0.687. The van der Waals surface area contributed by atoms with Crippen molar-refractivity contribution >= 4 is 15.9 Å². The molecule has 0 saturated carbocycles. The SMILES string of the molecule is CNC(c1cc(C)cc(C)c1)c1cccc(C)c1Br. The molecular weight excluding hydrogens is 298 g/mol. The highest BCUT2D eigenvalue weighted by molar-refractivity contribution is 9.10. The van der Waals surface area contributed by atoms with E-state index < -0.39 is 0 Å². The number of rotatable bonds is 3. The first kappa shape index (κ1) is 14.3. The molecule has 1 N–H and O–H groups in total. The van der Waals surface area contributed by atoms with Gasteiger partial charge in [-0.2, -0.15) is 0 Å². The molecule has 0 spiro atoms. The molecular formula is C17H20BrN. The summed E-state index contributed by atoms with van der Waals surface area (Å²) in [4.78, 5) is 0. The molecule has 2 aromatic rings. The van der Waals surface area contributed by atoms with Gasteiger partial charge < -0.3 is 5.32 Å². The monoisotopic (exact) mass is 317 g/mol. The fraction of sp³-hybridized carbons (Fsp3) is 0.294. The van der Waals surface area contributed by atoms with Crippen LogP contribution in [0.25, 0.3) is 0 Å². The zero-order valence-corrected chi connectivity index (χ0v) is 13.5. The van der Waals surface area contributed by atoms with E-state index in [4.69, 9.17) is 0 Å². The first-order valence-corrected chi connectivity index (χ1v) is 7.32. The molecule has 2 heteroatoms. The summed E-state index contributed by atoms with van der Waals surface area (Å²) in [6, 6.07) is 13.3. The van der Waals surface area contributed by atoms with Crippen LogP contribution in [0.2, 0.25) is 0 Å². The van der Waals surface area contributed by atoms with Crippen LogP contribution >= 0.6 is 15.9 Å². The average Bonchev–Trinajstić information content (AvgIpc) is 2.34. The third kappa shape index (κ3) is 3.07. The topological polar surface area (TPSA) is 12.0 Å². The lowest BCUT2D eigenvalue weighted by Gasteiger charge is -2.20. The summed E-state index contributed by atoms with van der Waals surface area (Å²) in [5.74, 6) is 0. The molecule has 1 nitrogen and oxygen atoms in total. The molecule has 100 valence electrons. The summed E-state index contributed by atoms with van der Waals surface area (Å²) >= 11 is 3.72. The lowest BCUT2D eigenvalue weighted by Crippen LogP contribution is -2.18. The van der Waals surface area contributed by atoms with E-state index in [1.165, 1.54) is 32.3 Å². The van der Waals surface area contributed by atoms with Gasteiger partial charge in [-0.15, -0.1) is 0 Å². The predicted octanol–water partition coefficient (Wildman–Crippen LogP) is 4.68. The van der Waals surface area contributed by atoms with E-state index in [0.29, 0.717) is 0 Å². The van der Waals surface area contributed by atoms with Crippen molar-refractivity contribution in [3.8, 4) is 0 Å². The van der Waals surface area contributed by atoms with E-state index in [1.807, 2.05) is 7.05 Å². The number of halogens is 1. The highest BCUT2D eigenvalue weighted by Crippen LogP contribution is 2.31. The number of nitrogens with one attached hydrogen (secondary N) is 1. The Hall–Kier alpha value is -1.12. The maximum absolute atomic E-state index is 3.72. The Morgan fingerprint density at radius 1 is 1.00 bits per heavy atom. The van der Waals surface area contributed by atoms with Gasteiger partial charge in [0.15, 0.2) is 0 Å². The molecule has 0 fully saturated rings. The predicted molar refractivity (Wildman–Crippen MR) is 85.7 cm³/mol. The third-order valence-corrected chi connectivity index (χ3v) is 4.48. The summed E-state index contributed by atoms with van der Waals surface area (Å²) in [7, 11) is 2.01. The molecule has 0 aromatic heterocycles. The van der Waals surface area contributed by atoms with Gasteiger partial charge in [-0.3, -0.25) is 0 Å². The van der Waals surface area contributed by atoms with Gasteiger partial charge in [0.25, 0.3) is 0 Å². The smallest absolute Gasteiger partial charge is 0.0585 e. The van der Waals surface area contributed by atoms with Crippen LogP contribution in [0.15, 0.2) is 40.9 Å². The van der Waals surface area contributed by atoms with Crippen molar-refractivity contribution in [1.29, 1.82) is 0 Å². The van der Waals surface area contributed by atoms with Crippen LogP contribution in [0.1, 0.15) is 33.9 Å². The number of benzene rings is 2. The Morgan fingerprint density at radius 3 is 2.21 bits per heavy atom. The molecule has 19 heavy (non-hydrogen) atoms. The molecule has 0 aliphatic heterocycles. The Balaban J connectivity index is 2.53. The van der Waals surface area contributed by atoms with Crippen molar-refractivity contribution in [3.63, 3.8) is 0 Å². The summed E-state index contributed by atoms with van der Waals surface area (Å²) in [5.41, 5.74) is 6.47. The van der Waals surface area contributed by atoms with Gasteiger partial charge in [-0.25, -0.2) is 0 Å². The minimum absolute atomic E-state index is 0.216. The average molecular weight is 318 g/mol. The van der Waals surface area contributed by atoms with Gasteiger partial charge in [0, 0.05) is 4.47 Å². The van der Waals surface area contributed by atoms with Crippen LogP contribution in [-0.2, 0) is 0 Å². The van der Waals surface area contributed by atoms with E-state index in [-0.39, 0.29) is 6.04 Å². The molecule has 0 radical (unpaired) electrons. The van der Waals surface area contributed by atoms with Crippen molar-refractivity contribution in [2.24, 2.45) is 0 Å². The van der Waals surface area contributed by atoms with Crippen LogP contribution in [-0.4, -0.2) is 7.05 Å².